The number of hydrogen-bond donors (Lipinski definition) is 5. The summed E-state index contributed by atoms with van der Waals surface area (Å²) < 4.78 is 10.5. The quantitative estimate of drug-likeness (QED) is 0.0827. The van der Waals surface area contributed by atoms with Crippen molar-refractivity contribution in [2.75, 3.05) is 20.3 Å². The minimum atomic E-state index is -0.944. The van der Waals surface area contributed by atoms with Crippen molar-refractivity contribution >= 4 is 29.7 Å². The van der Waals surface area contributed by atoms with Crippen LogP contribution in [0.4, 0.5) is 0 Å². The third-order valence-electron chi connectivity index (χ3n) is 5.47. The summed E-state index contributed by atoms with van der Waals surface area (Å²) in [4.78, 5) is 54.2. The summed E-state index contributed by atoms with van der Waals surface area (Å²) in [5.41, 5.74) is 11.5. The molecular formula is C26H36N6O6. The van der Waals surface area contributed by atoms with Gasteiger partial charge in [-0.1, -0.05) is 30.4 Å². The van der Waals surface area contributed by atoms with Crippen LogP contribution in [0.3, 0.4) is 0 Å². The molecule has 0 fully saturated rings. The Labute approximate surface area is 221 Å². The fraction of sp³-hybridized carbons (Fsp3) is 0.423. The van der Waals surface area contributed by atoms with Crippen LogP contribution in [0, 0.1) is 0 Å². The van der Waals surface area contributed by atoms with Crippen LogP contribution in [0.2, 0.25) is 0 Å². The Bertz CT molecular complexity index is 1060. The second-order valence-electron chi connectivity index (χ2n) is 8.63. The van der Waals surface area contributed by atoms with Crippen LogP contribution in [0.1, 0.15) is 38.2 Å². The Balaban J connectivity index is 2.37. The van der Waals surface area contributed by atoms with E-state index in [4.69, 9.17) is 20.9 Å². The maximum atomic E-state index is 13.2. The highest BCUT2D eigenvalue weighted by atomic mass is 16.5. The van der Waals surface area contributed by atoms with E-state index in [9.17, 15) is 19.2 Å². The second kappa shape index (κ2) is 15.7. The average molecular weight is 529 g/mol. The highest BCUT2D eigenvalue weighted by Gasteiger charge is 2.25. The number of methoxy groups -OCH3 is 1. The number of allylic oxidation sites excluding steroid dienone is 1. The number of unbranched alkanes of at least 4 members (excludes halogenated alkanes) is 1. The molecule has 0 radical (unpaired) electrons. The van der Waals surface area contributed by atoms with Gasteiger partial charge in [0.25, 0.3) is 5.91 Å². The van der Waals surface area contributed by atoms with Gasteiger partial charge in [0.1, 0.15) is 24.1 Å². The largest absolute Gasteiger partial charge is 0.490 e. The number of fused-ring (bicyclic) bond motifs is 13. The highest BCUT2D eigenvalue weighted by Crippen LogP contribution is 2.15. The predicted molar refractivity (Wildman–Crippen MR) is 142 cm³/mol. The molecule has 0 unspecified atom stereocenters. The number of nitrogens with zero attached hydrogens (tertiary/aromatic N) is 1. The van der Waals surface area contributed by atoms with E-state index in [1.165, 1.54) is 14.0 Å². The van der Waals surface area contributed by atoms with Crippen molar-refractivity contribution in [1.29, 1.82) is 0 Å². The molecule has 0 saturated heterocycles. The number of hydrogen-bond acceptors (Lipinski definition) is 7. The molecule has 2 heterocycles. The Morgan fingerprint density at radius 1 is 1.21 bits per heavy atom. The van der Waals surface area contributed by atoms with E-state index in [-0.39, 0.29) is 31.1 Å². The molecule has 0 aromatic heterocycles. The lowest BCUT2D eigenvalue weighted by atomic mass is 10.0. The Morgan fingerprint density at radius 3 is 2.61 bits per heavy atom. The van der Waals surface area contributed by atoms with Crippen LogP contribution in [-0.2, 0) is 30.3 Å². The monoisotopic (exact) mass is 528 g/mol. The normalized spacial score (nSPS) is 19.5. The first-order chi connectivity index (χ1) is 18.2. The lowest BCUT2D eigenvalue weighted by Gasteiger charge is -2.21. The molecule has 7 N–H and O–H groups in total. The summed E-state index contributed by atoms with van der Waals surface area (Å²) in [5.74, 6) is -1.46. The minimum absolute atomic E-state index is 0.0168. The summed E-state index contributed by atoms with van der Waals surface area (Å²) in [5, 5.41) is 8.07. The first-order valence-corrected chi connectivity index (χ1v) is 12.3. The molecule has 12 heteroatoms. The second-order valence-corrected chi connectivity index (χ2v) is 8.63. The van der Waals surface area contributed by atoms with Gasteiger partial charge in [0.2, 0.25) is 11.8 Å². The standard InChI is InChI=1S/C26H36N6O6/c1-17(33)30-22-15-18-9-11-20(12-10-18)38-14-6-4-7-19(16-23(34)37-2)31-24(35)21(32-25(22)36)8-3-5-13-29-26(27)28/h4,6,8-12,19,22H,3,5,7,13-16H2,1-2H3,(H,30,33)(H,31,35)(H,32,36)(H4,27,28,29)/b6-4?,21-8+/t19-,22-/m0/s1. The van der Waals surface area contributed by atoms with E-state index in [1.54, 1.807) is 42.5 Å². The molecule has 0 spiro atoms. The van der Waals surface area contributed by atoms with Gasteiger partial charge in [-0.2, -0.15) is 0 Å². The van der Waals surface area contributed by atoms with Crippen LogP contribution < -0.4 is 32.2 Å². The number of rotatable bonds is 7. The van der Waals surface area contributed by atoms with Crippen molar-refractivity contribution in [2.24, 2.45) is 16.5 Å². The molecule has 1 aromatic rings. The summed E-state index contributed by atoms with van der Waals surface area (Å²) in [6.07, 6.45) is 6.48. The fourth-order valence-corrected chi connectivity index (χ4v) is 3.59. The van der Waals surface area contributed by atoms with Gasteiger partial charge in [-0.25, -0.2) is 0 Å². The predicted octanol–water partition coefficient (Wildman–Crippen LogP) is 0.174. The summed E-state index contributed by atoms with van der Waals surface area (Å²) >= 11 is 0. The number of ether oxygens (including phenoxy) is 2. The Kier molecular flexibility index (Phi) is 12.3. The van der Waals surface area contributed by atoms with Crippen LogP contribution >= 0.6 is 0 Å². The minimum Gasteiger partial charge on any atom is -0.490 e. The molecule has 38 heavy (non-hydrogen) atoms. The zero-order valence-corrected chi connectivity index (χ0v) is 21.7. The molecule has 2 bridgehead atoms. The molecule has 2 aliphatic heterocycles. The summed E-state index contributed by atoms with van der Waals surface area (Å²) in [7, 11) is 1.27. The molecule has 12 nitrogen and oxygen atoms in total. The van der Waals surface area contributed by atoms with Crippen molar-refractivity contribution in [3.8, 4) is 5.75 Å². The maximum Gasteiger partial charge on any atom is 0.307 e. The van der Waals surface area contributed by atoms with Gasteiger partial charge < -0.3 is 36.9 Å². The van der Waals surface area contributed by atoms with E-state index in [2.05, 4.69) is 20.9 Å². The number of guanidine groups is 1. The molecule has 1 aromatic carbocycles. The molecule has 206 valence electrons. The van der Waals surface area contributed by atoms with Crippen molar-refractivity contribution in [1.82, 2.24) is 16.0 Å². The Hall–Kier alpha value is -4.35. The lowest BCUT2D eigenvalue weighted by Crippen LogP contribution is -2.49. The van der Waals surface area contributed by atoms with Crippen LogP contribution in [-0.4, -0.2) is 62.0 Å². The van der Waals surface area contributed by atoms with Crippen LogP contribution in [0.5, 0.6) is 5.75 Å². The molecule has 3 amide bonds. The van der Waals surface area contributed by atoms with E-state index in [0.29, 0.717) is 31.6 Å². The van der Waals surface area contributed by atoms with Gasteiger partial charge in [-0.15, -0.1) is 0 Å². The number of carbonyl (C=O) groups excluding carboxylic acids is 4. The van der Waals surface area contributed by atoms with E-state index in [0.717, 1.165) is 5.56 Å². The van der Waals surface area contributed by atoms with Crippen molar-refractivity contribution in [3.63, 3.8) is 0 Å². The van der Waals surface area contributed by atoms with Crippen molar-refractivity contribution in [2.45, 2.75) is 51.1 Å². The van der Waals surface area contributed by atoms with Crippen molar-refractivity contribution in [3.05, 3.63) is 53.8 Å². The third-order valence-corrected chi connectivity index (χ3v) is 5.47. The Morgan fingerprint density at radius 2 is 1.95 bits per heavy atom. The molecule has 0 aliphatic carbocycles. The summed E-state index contributed by atoms with van der Waals surface area (Å²) in [6, 6.07) is 5.61. The van der Waals surface area contributed by atoms with Gasteiger partial charge in [-0.05, 0) is 37.0 Å². The first-order valence-electron chi connectivity index (χ1n) is 12.3. The van der Waals surface area contributed by atoms with Gasteiger partial charge in [0.05, 0.1) is 13.5 Å². The van der Waals surface area contributed by atoms with Gasteiger partial charge in [0.15, 0.2) is 5.96 Å². The SMILES string of the molecule is COC(=O)C[C@@H]1CC=CCOc2ccc(cc2)C[C@H](NC(C)=O)C(=O)N/C(=C/CCCN=C(N)N)C(=O)N1. The van der Waals surface area contributed by atoms with E-state index < -0.39 is 35.8 Å². The molecule has 0 saturated carbocycles. The first kappa shape index (κ1) is 29.9. The number of esters is 1. The summed E-state index contributed by atoms with van der Waals surface area (Å²) in [6.45, 7) is 1.93. The maximum absolute atomic E-state index is 13.2. The smallest absolute Gasteiger partial charge is 0.307 e. The molecule has 2 atom stereocenters. The average Bonchev–Trinajstić information content (AvgIpc) is 2.87. The lowest BCUT2D eigenvalue weighted by molar-refractivity contribution is -0.141. The van der Waals surface area contributed by atoms with Gasteiger partial charge >= 0.3 is 5.97 Å². The number of benzene rings is 1. The number of nitrogens with one attached hydrogen (secondary N) is 3. The van der Waals surface area contributed by atoms with Gasteiger partial charge in [0, 0.05) is 25.9 Å². The number of amides is 3. The number of carbonyl (C=O) groups is 4. The number of aliphatic imine (C=N–C) groups is 1. The number of nitrogens with two attached hydrogens (primary N) is 2. The zero-order chi connectivity index (χ0) is 27.9. The zero-order valence-electron chi connectivity index (χ0n) is 21.7. The topological polar surface area (TPSA) is 187 Å². The fourth-order valence-electron chi connectivity index (χ4n) is 3.59. The molecular weight excluding hydrogens is 492 g/mol. The molecule has 3 rings (SSSR count). The van der Waals surface area contributed by atoms with E-state index >= 15 is 0 Å². The van der Waals surface area contributed by atoms with Crippen molar-refractivity contribution < 1.29 is 28.7 Å². The third kappa shape index (κ3) is 11.1. The van der Waals surface area contributed by atoms with Crippen LogP contribution in [0.25, 0.3) is 0 Å². The molecule has 2 aliphatic rings. The van der Waals surface area contributed by atoms with Gasteiger partial charge in [-0.3, -0.25) is 24.2 Å². The van der Waals surface area contributed by atoms with E-state index in [1.807, 2.05) is 0 Å². The highest BCUT2D eigenvalue weighted by molar-refractivity contribution is 5.99. The van der Waals surface area contributed by atoms with Crippen LogP contribution in [0.15, 0.2) is 53.2 Å².